The topological polar surface area (TPSA) is 90.9 Å². The van der Waals surface area contributed by atoms with Crippen LogP contribution in [0.4, 0.5) is 0 Å². The Balaban J connectivity index is 2.33. The van der Waals surface area contributed by atoms with Gasteiger partial charge in [0.05, 0.1) is 5.75 Å². The monoisotopic (exact) mass is 308 g/mol. The van der Waals surface area contributed by atoms with Crippen molar-refractivity contribution in [3.8, 4) is 0 Å². The lowest BCUT2D eigenvalue weighted by Crippen LogP contribution is -2.15. The summed E-state index contributed by atoms with van der Waals surface area (Å²) in [5.41, 5.74) is 7.35. The number of sulfone groups is 1. The van der Waals surface area contributed by atoms with Gasteiger partial charge in [-0.05, 0) is 26.0 Å². The van der Waals surface area contributed by atoms with Crippen molar-refractivity contribution in [1.82, 2.24) is 14.8 Å². The highest BCUT2D eigenvalue weighted by molar-refractivity contribution is 7.90. The number of nitrogens with two attached hydrogens (primary N) is 1. The molecule has 21 heavy (non-hydrogen) atoms. The minimum atomic E-state index is -3.52. The van der Waals surface area contributed by atoms with Crippen LogP contribution in [-0.4, -0.2) is 29.7 Å². The summed E-state index contributed by atoms with van der Waals surface area (Å²) in [6.45, 7) is 4.75. The minimum Gasteiger partial charge on any atom is -0.330 e. The maximum Gasteiger partial charge on any atom is 0.250 e. The molecule has 0 radical (unpaired) electrons. The maximum atomic E-state index is 12.5. The van der Waals surface area contributed by atoms with Crippen molar-refractivity contribution < 1.29 is 8.42 Å². The molecule has 0 bridgehead atoms. The summed E-state index contributed by atoms with van der Waals surface area (Å²) in [6, 6.07) is 7.44. The summed E-state index contributed by atoms with van der Waals surface area (Å²) in [4.78, 5) is 0. The highest BCUT2D eigenvalue weighted by atomic mass is 32.2. The summed E-state index contributed by atoms with van der Waals surface area (Å²) in [7, 11) is -3.52. The summed E-state index contributed by atoms with van der Waals surface area (Å²) < 4.78 is 26.7. The number of aryl methyl sites for hydroxylation is 1. The first-order valence-corrected chi connectivity index (χ1v) is 8.53. The van der Waals surface area contributed by atoms with Gasteiger partial charge in [0, 0.05) is 13.0 Å². The predicted octanol–water partition coefficient (Wildman–Crippen LogP) is 1.08. The molecule has 0 saturated carbocycles. The first-order chi connectivity index (χ1) is 9.97. The summed E-state index contributed by atoms with van der Waals surface area (Å²) in [5.74, 6) is 0.538. The Hall–Kier alpha value is -1.73. The summed E-state index contributed by atoms with van der Waals surface area (Å²) in [6.07, 6.45) is 0.515. The third-order valence-electron chi connectivity index (χ3n) is 3.23. The van der Waals surface area contributed by atoms with E-state index < -0.39 is 9.84 Å². The third kappa shape index (κ3) is 3.48. The van der Waals surface area contributed by atoms with Crippen LogP contribution in [0.15, 0.2) is 29.4 Å². The molecular weight excluding hydrogens is 288 g/mol. The van der Waals surface area contributed by atoms with E-state index in [1.54, 1.807) is 4.57 Å². The fourth-order valence-corrected chi connectivity index (χ4v) is 3.64. The molecular formula is C14H20N4O2S. The Morgan fingerprint density at radius 2 is 1.86 bits per heavy atom. The fourth-order valence-electron chi connectivity index (χ4n) is 2.15. The summed E-state index contributed by atoms with van der Waals surface area (Å²) >= 11 is 0. The van der Waals surface area contributed by atoms with E-state index in [0.717, 1.165) is 11.1 Å². The molecule has 0 saturated heterocycles. The van der Waals surface area contributed by atoms with Gasteiger partial charge in [-0.25, -0.2) is 8.42 Å². The Bertz CT molecular complexity index is 705. The van der Waals surface area contributed by atoms with Gasteiger partial charge in [-0.3, -0.25) is 0 Å². The Kier molecular flexibility index (Phi) is 4.74. The Morgan fingerprint density at radius 1 is 1.19 bits per heavy atom. The number of nitrogens with zero attached hydrogens (tertiary/aromatic N) is 3. The van der Waals surface area contributed by atoms with Crippen molar-refractivity contribution in [2.24, 2.45) is 5.73 Å². The molecule has 0 spiro atoms. The van der Waals surface area contributed by atoms with Gasteiger partial charge in [0.2, 0.25) is 15.0 Å². The molecule has 2 N–H and O–H groups in total. The van der Waals surface area contributed by atoms with Crippen LogP contribution >= 0.6 is 0 Å². The van der Waals surface area contributed by atoms with Crippen molar-refractivity contribution in [2.45, 2.75) is 37.7 Å². The smallest absolute Gasteiger partial charge is 0.250 e. The van der Waals surface area contributed by atoms with E-state index in [9.17, 15) is 8.42 Å². The molecule has 7 heteroatoms. The fraction of sp³-hybridized carbons (Fsp3) is 0.429. The van der Waals surface area contributed by atoms with Crippen LogP contribution in [0.5, 0.6) is 0 Å². The molecule has 2 aromatic rings. The second kappa shape index (κ2) is 6.36. The molecule has 0 amide bonds. The zero-order valence-corrected chi connectivity index (χ0v) is 13.1. The van der Waals surface area contributed by atoms with Crippen LogP contribution < -0.4 is 5.73 Å². The van der Waals surface area contributed by atoms with Gasteiger partial charge in [-0.1, -0.05) is 29.8 Å². The molecule has 0 aliphatic rings. The van der Waals surface area contributed by atoms with Crippen LogP contribution in [-0.2, 0) is 28.6 Å². The Labute approximate surface area is 124 Å². The lowest BCUT2D eigenvalue weighted by atomic mass is 10.2. The van der Waals surface area contributed by atoms with Gasteiger partial charge in [-0.15, -0.1) is 10.2 Å². The number of hydrogen-bond donors (Lipinski definition) is 1. The van der Waals surface area contributed by atoms with E-state index in [2.05, 4.69) is 10.2 Å². The molecule has 0 aliphatic heterocycles. The number of aromatic nitrogens is 3. The van der Waals surface area contributed by atoms with Gasteiger partial charge in [-0.2, -0.15) is 0 Å². The quantitative estimate of drug-likeness (QED) is 0.862. The van der Waals surface area contributed by atoms with E-state index in [1.807, 2.05) is 38.1 Å². The van der Waals surface area contributed by atoms with Gasteiger partial charge in [0.15, 0.2) is 0 Å². The van der Waals surface area contributed by atoms with E-state index in [4.69, 9.17) is 5.73 Å². The normalized spacial score (nSPS) is 11.8. The second-order valence-electron chi connectivity index (χ2n) is 4.93. The standard InChI is InChI=1S/C14H20N4O2S/c1-3-18-13(8-9-15)16-17-14(18)21(19,20)10-12-6-4-11(2)5-7-12/h4-7H,3,8-10,15H2,1-2H3. The first kappa shape index (κ1) is 15.7. The summed E-state index contributed by atoms with van der Waals surface area (Å²) in [5, 5.41) is 7.84. The molecule has 0 unspecified atom stereocenters. The van der Waals surface area contributed by atoms with E-state index in [-0.39, 0.29) is 10.9 Å². The molecule has 114 valence electrons. The van der Waals surface area contributed by atoms with E-state index >= 15 is 0 Å². The van der Waals surface area contributed by atoms with Crippen LogP contribution in [0.1, 0.15) is 23.9 Å². The molecule has 0 aliphatic carbocycles. The van der Waals surface area contributed by atoms with Crippen molar-refractivity contribution in [3.63, 3.8) is 0 Å². The largest absolute Gasteiger partial charge is 0.330 e. The molecule has 1 aromatic carbocycles. The van der Waals surface area contributed by atoms with Crippen molar-refractivity contribution in [1.29, 1.82) is 0 Å². The molecule has 0 atom stereocenters. The van der Waals surface area contributed by atoms with Crippen molar-refractivity contribution >= 4 is 9.84 Å². The molecule has 1 aromatic heterocycles. The first-order valence-electron chi connectivity index (χ1n) is 6.88. The zero-order valence-electron chi connectivity index (χ0n) is 12.3. The predicted molar refractivity (Wildman–Crippen MR) is 80.5 cm³/mol. The van der Waals surface area contributed by atoms with Gasteiger partial charge < -0.3 is 10.3 Å². The number of hydrogen-bond acceptors (Lipinski definition) is 5. The lowest BCUT2D eigenvalue weighted by Gasteiger charge is -2.08. The van der Waals surface area contributed by atoms with Crippen LogP contribution in [0.3, 0.4) is 0 Å². The highest BCUT2D eigenvalue weighted by Gasteiger charge is 2.24. The molecule has 6 nitrogen and oxygen atoms in total. The number of rotatable bonds is 6. The van der Waals surface area contributed by atoms with Crippen LogP contribution in [0.2, 0.25) is 0 Å². The van der Waals surface area contributed by atoms with Gasteiger partial charge >= 0.3 is 0 Å². The van der Waals surface area contributed by atoms with E-state index in [0.29, 0.717) is 25.3 Å². The Morgan fingerprint density at radius 3 is 2.43 bits per heavy atom. The molecule has 0 fully saturated rings. The van der Waals surface area contributed by atoms with E-state index in [1.165, 1.54) is 0 Å². The zero-order chi connectivity index (χ0) is 15.5. The van der Waals surface area contributed by atoms with Gasteiger partial charge in [0.25, 0.3) is 0 Å². The highest BCUT2D eigenvalue weighted by Crippen LogP contribution is 2.16. The third-order valence-corrected chi connectivity index (χ3v) is 4.80. The second-order valence-corrected chi connectivity index (χ2v) is 6.81. The van der Waals surface area contributed by atoms with Crippen molar-refractivity contribution in [2.75, 3.05) is 6.54 Å². The average Bonchev–Trinajstić information content (AvgIpc) is 2.85. The van der Waals surface area contributed by atoms with Crippen LogP contribution in [0, 0.1) is 6.92 Å². The maximum absolute atomic E-state index is 12.5. The SMILES string of the molecule is CCn1c(CCN)nnc1S(=O)(=O)Cc1ccc(C)cc1. The number of benzene rings is 1. The van der Waals surface area contributed by atoms with Gasteiger partial charge in [0.1, 0.15) is 5.82 Å². The molecule has 2 rings (SSSR count). The average molecular weight is 308 g/mol. The van der Waals surface area contributed by atoms with Crippen molar-refractivity contribution in [3.05, 3.63) is 41.2 Å². The van der Waals surface area contributed by atoms with Crippen LogP contribution in [0.25, 0.3) is 0 Å². The minimum absolute atomic E-state index is 0.0222. The molecule has 1 heterocycles. The lowest BCUT2D eigenvalue weighted by molar-refractivity contribution is 0.561.